The number of hydrogen-bond donors (Lipinski definition) is 0. The predicted octanol–water partition coefficient (Wildman–Crippen LogP) is 5.75. The van der Waals surface area contributed by atoms with Gasteiger partial charge in [-0.1, -0.05) is 32.6 Å². The molecule has 0 bridgehead atoms. The highest BCUT2D eigenvalue weighted by molar-refractivity contribution is 5.90. The molecule has 0 heterocycles. The fourth-order valence-electron chi connectivity index (χ4n) is 2.91. The predicted molar refractivity (Wildman–Crippen MR) is 107 cm³/mol. The number of rotatable bonds is 6. The molecule has 0 aromatic heterocycles. The van der Waals surface area contributed by atoms with Gasteiger partial charge in [-0.05, 0) is 78.8 Å². The van der Waals surface area contributed by atoms with Crippen LogP contribution in [-0.4, -0.2) is 19.2 Å². The van der Waals surface area contributed by atoms with Crippen LogP contribution in [0.3, 0.4) is 0 Å². The maximum Gasteiger partial charge on any atom is 0.337 e. The van der Waals surface area contributed by atoms with Gasteiger partial charge in [0.25, 0.3) is 0 Å². The normalized spacial score (nSPS) is 10.9. The lowest BCUT2D eigenvalue weighted by Gasteiger charge is -2.20. The van der Waals surface area contributed by atoms with Crippen LogP contribution in [0.5, 0.6) is 5.75 Å². The van der Waals surface area contributed by atoms with Crippen molar-refractivity contribution in [2.75, 3.05) is 7.11 Å². The summed E-state index contributed by atoms with van der Waals surface area (Å²) >= 11 is 0. The van der Waals surface area contributed by atoms with Crippen LogP contribution in [0.25, 0.3) is 5.57 Å². The Balaban J connectivity index is 2.42. The second-order valence-corrected chi connectivity index (χ2v) is 7.07. The lowest BCUT2D eigenvalue weighted by Crippen LogP contribution is -2.09. The van der Waals surface area contributed by atoms with E-state index in [2.05, 4.69) is 39.5 Å². The number of esters is 1. The first-order valence-corrected chi connectivity index (χ1v) is 8.93. The average molecular weight is 352 g/mol. The summed E-state index contributed by atoms with van der Waals surface area (Å²) in [6, 6.07) is 11.6. The van der Waals surface area contributed by atoms with Gasteiger partial charge in [-0.3, -0.25) is 0 Å². The fourth-order valence-corrected chi connectivity index (χ4v) is 2.91. The molecular formula is C23H28O3. The second-order valence-electron chi connectivity index (χ2n) is 7.07. The minimum atomic E-state index is -0.337. The molecule has 0 saturated heterocycles. The standard InChI is InChI=1S/C23H28O3/c1-14(2)20-13-21(16(5)12-22(20)26-15(3)4)17(6)18-8-10-19(11-9-18)23(24)25-7/h8-15H,6H2,1-5,7H3. The first-order chi connectivity index (χ1) is 12.2. The molecule has 26 heavy (non-hydrogen) atoms. The van der Waals surface area contributed by atoms with Crippen molar-refractivity contribution in [3.05, 3.63) is 70.8 Å². The Kier molecular flexibility index (Phi) is 6.25. The third-order valence-electron chi connectivity index (χ3n) is 4.32. The number of hydrogen-bond acceptors (Lipinski definition) is 3. The molecule has 2 rings (SSSR count). The van der Waals surface area contributed by atoms with E-state index < -0.39 is 0 Å². The molecule has 0 fully saturated rings. The van der Waals surface area contributed by atoms with E-state index in [0.29, 0.717) is 11.5 Å². The molecular weight excluding hydrogens is 324 g/mol. The average Bonchev–Trinajstić information content (AvgIpc) is 2.60. The fraction of sp³-hybridized carbons (Fsp3) is 0.348. The van der Waals surface area contributed by atoms with Crippen molar-refractivity contribution in [1.82, 2.24) is 0 Å². The number of ether oxygens (including phenoxy) is 2. The monoisotopic (exact) mass is 352 g/mol. The van der Waals surface area contributed by atoms with Crippen LogP contribution in [0.2, 0.25) is 0 Å². The smallest absolute Gasteiger partial charge is 0.337 e. The third kappa shape index (κ3) is 4.34. The van der Waals surface area contributed by atoms with E-state index >= 15 is 0 Å². The minimum absolute atomic E-state index is 0.131. The largest absolute Gasteiger partial charge is 0.491 e. The summed E-state index contributed by atoms with van der Waals surface area (Å²) in [5, 5.41) is 0. The molecule has 0 spiro atoms. The maximum atomic E-state index is 11.6. The van der Waals surface area contributed by atoms with E-state index in [0.717, 1.165) is 28.0 Å². The number of carbonyl (C=O) groups excluding carboxylic acids is 1. The van der Waals surface area contributed by atoms with Crippen LogP contribution in [0.15, 0.2) is 43.0 Å². The Labute approximate surface area is 156 Å². The van der Waals surface area contributed by atoms with Crippen LogP contribution in [0.1, 0.15) is 66.2 Å². The lowest BCUT2D eigenvalue weighted by atomic mass is 9.90. The van der Waals surface area contributed by atoms with Gasteiger partial charge < -0.3 is 9.47 Å². The summed E-state index contributed by atoms with van der Waals surface area (Å²) in [7, 11) is 1.38. The first-order valence-electron chi connectivity index (χ1n) is 8.93. The highest BCUT2D eigenvalue weighted by atomic mass is 16.5. The highest BCUT2D eigenvalue weighted by Crippen LogP contribution is 2.34. The van der Waals surface area contributed by atoms with Crippen molar-refractivity contribution in [3.8, 4) is 5.75 Å². The van der Waals surface area contributed by atoms with Gasteiger partial charge in [0.2, 0.25) is 0 Å². The van der Waals surface area contributed by atoms with E-state index in [1.807, 2.05) is 26.0 Å². The minimum Gasteiger partial charge on any atom is -0.491 e. The Morgan fingerprint density at radius 3 is 2.08 bits per heavy atom. The van der Waals surface area contributed by atoms with Crippen LogP contribution in [0, 0.1) is 6.92 Å². The molecule has 2 aromatic carbocycles. The van der Waals surface area contributed by atoms with Crippen LogP contribution < -0.4 is 4.74 Å². The Morgan fingerprint density at radius 1 is 1.00 bits per heavy atom. The quantitative estimate of drug-likeness (QED) is 0.621. The van der Waals surface area contributed by atoms with E-state index in [-0.39, 0.29) is 12.1 Å². The summed E-state index contributed by atoms with van der Waals surface area (Å²) in [5.41, 5.74) is 5.82. The van der Waals surface area contributed by atoms with Gasteiger partial charge in [0.15, 0.2) is 0 Å². The van der Waals surface area contributed by atoms with Gasteiger partial charge in [-0.25, -0.2) is 4.79 Å². The molecule has 0 aliphatic rings. The van der Waals surface area contributed by atoms with Gasteiger partial charge in [0, 0.05) is 0 Å². The summed E-state index contributed by atoms with van der Waals surface area (Å²) in [5.74, 6) is 0.943. The Bertz CT molecular complexity index is 799. The van der Waals surface area contributed by atoms with Crippen molar-refractivity contribution in [2.45, 2.75) is 46.6 Å². The van der Waals surface area contributed by atoms with Crippen molar-refractivity contribution in [1.29, 1.82) is 0 Å². The SMILES string of the molecule is C=C(c1ccc(C(=O)OC)cc1)c1cc(C(C)C)c(OC(C)C)cc1C. The molecule has 0 aliphatic carbocycles. The van der Waals surface area contributed by atoms with Crippen molar-refractivity contribution >= 4 is 11.5 Å². The maximum absolute atomic E-state index is 11.6. The zero-order valence-electron chi connectivity index (χ0n) is 16.6. The first kappa shape index (κ1) is 19.8. The molecule has 0 aliphatic heterocycles. The molecule has 2 aromatic rings. The molecule has 0 atom stereocenters. The zero-order valence-corrected chi connectivity index (χ0v) is 16.6. The highest BCUT2D eigenvalue weighted by Gasteiger charge is 2.15. The molecule has 0 radical (unpaired) electrons. The number of benzene rings is 2. The lowest BCUT2D eigenvalue weighted by molar-refractivity contribution is 0.0600. The van der Waals surface area contributed by atoms with Gasteiger partial charge in [0.05, 0.1) is 18.8 Å². The summed E-state index contributed by atoms with van der Waals surface area (Å²) in [6.07, 6.45) is 0.131. The van der Waals surface area contributed by atoms with E-state index in [4.69, 9.17) is 9.47 Å². The topological polar surface area (TPSA) is 35.5 Å². The Hall–Kier alpha value is -2.55. The molecule has 3 nitrogen and oxygen atoms in total. The summed E-state index contributed by atoms with van der Waals surface area (Å²) in [6.45, 7) is 14.8. The van der Waals surface area contributed by atoms with Gasteiger partial charge >= 0.3 is 5.97 Å². The van der Waals surface area contributed by atoms with Gasteiger partial charge in [-0.15, -0.1) is 0 Å². The summed E-state index contributed by atoms with van der Waals surface area (Å²) < 4.78 is 10.8. The number of carbonyl (C=O) groups is 1. The number of aryl methyl sites for hydroxylation is 1. The van der Waals surface area contributed by atoms with Crippen LogP contribution >= 0.6 is 0 Å². The van der Waals surface area contributed by atoms with E-state index in [9.17, 15) is 4.79 Å². The molecule has 0 saturated carbocycles. The molecule has 138 valence electrons. The molecule has 3 heteroatoms. The molecule has 0 amide bonds. The molecule has 0 unspecified atom stereocenters. The molecule has 0 N–H and O–H groups in total. The van der Waals surface area contributed by atoms with E-state index in [1.165, 1.54) is 12.7 Å². The van der Waals surface area contributed by atoms with Gasteiger partial charge in [-0.2, -0.15) is 0 Å². The zero-order chi connectivity index (χ0) is 19.4. The number of methoxy groups -OCH3 is 1. The Morgan fingerprint density at radius 2 is 1.58 bits per heavy atom. The van der Waals surface area contributed by atoms with Gasteiger partial charge in [0.1, 0.15) is 5.75 Å². The van der Waals surface area contributed by atoms with E-state index in [1.54, 1.807) is 12.1 Å². The van der Waals surface area contributed by atoms with Crippen LogP contribution in [-0.2, 0) is 4.74 Å². The second kappa shape index (κ2) is 8.22. The van der Waals surface area contributed by atoms with Crippen LogP contribution in [0.4, 0.5) is 0 Å². The van der Waals surface area contributed by atoms with Crippen molar-refractivity contribution in [3.63, 3.8) is 0 Å². The van der Waals surface area contributed by atoms with Crippen molar-refractivity contribution < 1.29 is 14.3 Å². The third-order valence-corrected chi connectivity index (χ3v) is 4.32. The summed E-state index contributed by atoms with van der Waals surface area (Å²) in [4.78, 5) is 11.6. The van der Waals surface area contributed by atoms with Crippen molar-refractivity contribution in [2.24, 2.45) is 0 Å².